The Balaban J connectivity index is 2.19. The zero-order valence-corrected chi connectivity index (χ0v) is 11.6. The van der Waals surface area contributed by atoms with Crippen LogP contribution in [-0.2, 0) is 6.54 Å². The summed E-state index contributed by atoms with van der Waals surface area (Å²) >= 11 is 0. The lowest BCUT2D eigenvalue weighted by atomic mass is 10.1. The highest BCUT2D eigenvalue weighted by molar-refractivity contribution is 5.95. The molecule has 0 saturated heterocycles. The van der Waals surface area contributed by atoms with E-state index in [4.69, 9.17) is 0 Å². The van der Waals surface area contributed by atoms with Gasteiger partial charge in [0.15, 0.2) is 5.78 Å². The number of carbonyl (C=O) groups is 1. The highest BCUT2D eigenvalue weighted by Gasteiger charge is 2.09. The van der Waals surface area contributed by atoms with Crippen LogP contribution in [0, 0.1) is 0 Å². The minimum Gasteiger partial charge on any atom is -0.373 e. The fraction of sp³-hybridized carbons (Fsp3) is 0.267. The van der Waals surface area contributed by atoms with Crippen LogP contribution in [0.2, 0.25) is 0 Å². The molecule has 0 unspecified atom stereocenters. The Morgan fingerprint density at radius 2 is 2.00 bits per heavy atom. The number of nitrogens with zero attached hydrogens (tertiary/aromatic N) is 3. The van der Waals surface area contributed by atoms with Gasteiger partial charge in [0.25, 0.3) is 5.56 Å². The SMILES string of the molecule is CCN(C)c1cnn(CC(=O)c2ccccc2)c(=O)c1. The number of hydrogen-bond acceptors (Lipinski definition) is 4. The Hall–Kier alpha value is -2.43. The summed E-state index contributed by atoms with van der Waals surface area (Å²) in [5, 5.41) is 4.05. The zero-order chi connectivity index (χ0) is 14.5. The quantitative estimate of drug-likeness (QED) is 0.775. The van der Waals surface area contributed by atoms with E-state index in [0.717, 1.165) is 12.2 Å². The van der Waals surface area contributed by atoms with Crippen molar-refractivity contribution in [3.63, 3.8) is 0 Å². The molecule has 0 aliphatic heterocycles. The molecule has 0 aliphatic carbocycles. The van der Waals surface area contributed by atoms with E-state index in [9.17, 15) is 9.59 Å². The minimum atomic E-state index is -0.271. The van der Waals surface area contributed by atoms with Crippen molar-refractivity contribution in [2.45, 2.75) is 13.5 Å². The number of hydrogen-bond donors (Lipinski definition) is 0. The third-order valence-electron chi connectivity index (χ3n) is 3.16. The zero-order valence-electron chi connectivity index (χ0n) is 11.6. The van der Waals surface area contributed by atoms with E-state index in [1.54, 1.807) is 30.5 Å². The third kappa shape index (κ3) is 3.12. The fourth-order valence-corrected chi connectivity index (χ4v) is 1.79. The molecule has 1 aromatic heterocycles. The van der Waals surface area contributed by atoms with Crippen LogP contribution < -0.4 is 10.5 Å². The van der Waals surface area contributed by atoms with Crippen LogP contribution in [0.15, 0.2) is 47.4 Å². The Kier molecular flexibility index (Phi) is 4.30. The third-order valence-corrected chi connectivity index (χ3v) is 3.16. The van der Waals surface area contributed by atoms with Gasteiger partial charge in [-0.25, -0.2) is 4.68 Å². The first-order chi connectivity index (χ1) is 9.61. The van der Waals surface area contributed by atoms with Crippen LogP contribution in [0.5, 0.6) is 0 Å². The second-order valence-corrected chi connectivity index (χ2v) is 4.51. The number of carbonyl (C=O) groups excluding carboxylic acids is 1. The summed E-state index contributed by atoms with van der Waals surface area (Å²) in [7, 11) is 1.88. The molecule has 1 heterocycles. The standard InChI is InChI=1S/C15H17N3O2/c1-3-17(2)13-9-15(20)18(16-10-13)11-14(19)12-7-5-4-6-8-12/h4-10H,3,11H2,1-2H3. The first-order valence-corrected chi connectivity index (χ1v) is 6.48. The van der Waals surface area contributed by atoms with Gasteiger partial charge in [0.05, 0.1) is 11.9 Å². The molecule has 0 atom stereocenters. The van der Waals surface area contributed by atoms with E-state index in [1.165, 1.54) is 10.7 Å². The van der Waals surface area contributed by atoms with E-state index in [-0.39, 0.29) is 17.9 Å². The summed E-state index contributed by atoms with van der Waals surface area (Å²) in [4.78, 5) is 25.9. The van der Waals surface area contributed by atoms with Crippen LogP contribution in [-0.4, -0.2) is 29.2 Å². The van der Waals surface area contributed by atoms with E-state index in [2.05, 4.69) is 5.10 Å². The monoisotopic (exact) mass is 271 g/mol. The Morgan fingerprint density at radius 3 is 2.60 bits per heavy atom. The van der Waals surface area contributed by atoms with Crippen molar-refractivity contribution >= 4 is 11.5 Å². The smallest absolute Gasteiger partial charge is 0.269 e. The summed E-state index contributed by atoms with van der Waals surface area (Å²) in [6.07, 6.45) is 1.60. The molecule has 5 nitrogen and oxygen atoms in total. The highest BCUT2D eigenvalue weighted by atomic mass is 16.1. The second-order valence-electron chi connectivity index (χ2n) is 4.51. The van der Waals surface area contributed by atoms with Crippen molar-refractivity contribution in [2.24, 2.45) is 0 Å². The lowest BCUT2D eigenvalue weighted by molar-refractivity contribution is 0.0965. The van der Waals surface area contributed by atoms with Crippen LogP contribution in [0.4, 0.5) is 5.69 Å². The second kappa shape index (κ2) is 6.14. The lowest BCUT2D eigenvalue weighted by Crippen LogP contribution is -2.28. The molecule has 0 fully saturated rings. The van der Waals surface area contributed by atoms with Crippen molar-refractivity contribution in [3.05, 3.63) is 58.5 Å². The summed E-state index contributed by atoms with van der Waals surface area (Å²) in [6, 6.07) is 10.4. The molecule has 2 rings (SSSR count). The molecule has 0 radical (unpaired) electrons. The summed E-state index contributed by atoms with van der Waals surface area (Å²) in [6.45, 7) is 2.73. The molecular weight excluding hydrogens is 254 g/mol. The van der Waals surface area contributed by atoms with Crippen molar-refractivity contribution in [3.8, 4) is 0 Å². The number of rotatable bonds is 5. The Bertz CT molecular complexity index is 650. The predicted molar refractivity (Wildman–Crippen MR) is 78.2 cm³/mol. The maximum Gasteiger partial charge on any atom is 0.269 e. The molecule has 0 spiro atoms. The minimum absolute atomic E-state index is 0.0427. The van der Waals surface area contributed by atoms with E-state index >= 15 is 0 Å². The number of aromatic nitrogens is 2. The molecule has 0 bridgehead atoms. The van der Waals surface area contributed by atoms with Gasteiger partial charge in [-0.2, -0.15) is 5.10 Å². The molecule has 0 saturated carbocycles. The molecule has 1 aromatic carbocycles. The van der Waals surface area contributed by atoms with Gasteiger partial charge < -0.3 is 4.90 Å². The normalized spacial score (nSPS) is 10.3. The molecule has 0 N–H and O–H groups in total. The van der Waals surface area contributed by atoms with E-state index in [0.29, 0.717) is 5.56 Å². The van der Waals surface area contributed by atoms with E-state index < -0.39 is 0 Å². The van der Waals surface area contributed by atoms with Gasteiger partial charge in [-0.3, -0.25) is 9.59 Å². The lowest BCUT2D eigenvalue weighted by Gasteiger charge is -2.16. The van der Waals surface area contributed by atoms with E-state index in [1.807, 2.05) is 24.9 Å². The van der Waals surface area contributed by atoms with Crippen molar-refractivity contribution in [1.29, 1.82) is 0 Å². The van der Waals surface area contributed by atoms with Crippen molar-refractivity contribution in [2.75, 3.05) is 18.5 Å². The maximum absolute atomic E-state index is 12.0. The average Bonchev–Trinajstić information content (AvgIpc) is 2.49. The van der Waals surface area contributed by atoms with Gasteiger partial charge in [0.1, 0.15) is 6.54 Å². The number of ketones is 1. The predicted octanol–water partition coefficient (Wildman–Crippen LogP) is 1.58. The topological polar surface area (TPSA) is 55.2 Å². The van der Waals surface area contributed by atoms with Gasteiger partial charge in [-0.1, -0.05) is 30.3 Å². The van der Waals surface area contributed by atoms with Gasteiger partial charge in [-0.05, 0) is 6.92 Å². The Morgan fingerprint density at radius 1 is 1.30 bits per heavy atom. The molecule has 20 heavy (non-hydrogen) atoms. The van der Waals surface area contributed by atoms with Gasteiger partial charge >= 0.3 is 0 Å². The maximum atomic E-state index is 12.0. The van der Waals surface area contributed by atoms with Gasteiger partial charge in [0.2, 0.25) is 0 Å². The molecule has 5 heteroatoms. The number of anilines is 1. The first kappa shape index (κ1) is 14.0. The number of benzene rings is 1. The fourth-order valence-electron chi connectivity index (χ4n) is 1.79. The first-order valence-electron chi connectivity index (χ1n) is 6.48. The number of Topliss-reactive ketones (excluding diaryl/α,β-unsaturated/α-hetero) is 1. The molecular formula is C15H17N3O2. The van der Waals surface area contributed by atoms with Crippen LogP contribution in [0.3, 0.4) is 0 Å². The van der Waals surface area contributed by atoms with Gasteiger partial charge in [0, 0.05) is 25.2 Å². The van der Waals surface area contributed by atoms with Crippen LogP contribution in [0.1, 0.15) is 17.3 Å². The largest absolute Gasteiger partial charge is 0.373 e. The van der Waals surface area contributed by atoms with Crippen LogP contribution >= 0.6 is 0 Å². The molecule has 2 aromatic rings. The summed E-state index contributed by atoms with van der Waals surface area (Å²) < 4.78 is 1.18. The van der Waals surface area contributed by atoms with Crippen molar-refractivity contribution < 1.29 is 4.79 Å². The van der Waals surface area contributed by atoms with Gasteiger partial charge in [-0.15, -0.1) is 0 Å². The van der Waals surface area contributed by atoms with Crippen molar-refractivity contribution in [1.82, 2.24) is 9.78 Å². The molecule has 0 amide bonds. The highest BCUT2D eigenvalue weighted by Crippen LogP contribution is 2.06. The Labute approximate surface area is 117 Å². The van der Waals surface area contributed by atoms with Crippen LogP contribution in [0.25, 0.3) is 0 Å². The summed E-state index contributed by atoms with van der Waals surface area (Å²) in [5.41, 5.74) is 1.06. The molecule has 0 aliphatic rings. The average molecular weight is 271 g/mol. The molecule has 104 valence electrons. The summed E-state index contributed by atoms with van der Waals surface area (Å²) in [5.74, 6) is -0.128.